The Kier molecular flexibility index (Phi) is 4.95. The standard InChI is InChI=1S/C15H23N5O2/c1-15(2,3)19-14(22)20-8-5-12(6-9-20)18-13(21)11-4-7-16-17-10-11/h4,7,10,12H,5-6,8-9H2,1-3H3,(H,18,21)(H,19,22). The largest absolute Gasteiger partial charge is 0.349 e. The molecule has 120 valence electrons. The fourth-order valence-electron chi connectivity index (χ4n) is 2.32. The second-order valence-electron chi connectivity index (χ2n) is 6.55. The molecule has 22 heavy (non-hydrogen) atoms. The van der Waals surface area contributed by atoms with Crippen LogP contribution in [-0.4, -0.2) is 51.7 Å². The van der Waals surface area contributed by atoms with Crippen LogP contribution < -0.4 is 10.6 Å². The van der Waals surface area contributed by atoms with Gasteiger partial charge >= 0.3 is 6.03 Å². The number of hydrogen-bond acceptors (Lipinski definition) is 4. The van der Waals surface area contributed by atoms with Crippen LogP contribution in [0, 0.1) is 0 Å². The fourth-order valence-corrected chi connectivity index (χ4v) is 2.32. The molecule has 1 fully saturated rings. The van der Waals surface area contributed by atoms with Gasteiger partial charge in [-0.25, -0.2) is 4.79 Å². The molecule has 7 heteroatoms. The summed E-state index contributed by atoms with van der Waals surface area (Å²) >= 11 is 0. The maximum atomic E-state index is 12.1. The molecule has 1 aliphatic rings. The zero-order chi connectivity index (χ0) is 16.2. The molecule has 1 aromatic rings. The summed E-state index contributed by atoms with van der Waals surface area (Å²) in [6, 6.07) is 1.67. The number of carbonyl (C=O) groups excluding carboxylic acids is 2. The predicted molar refractivity (Wildman–Crippen MR) is 82.4 cm³/mol. The molecule has 2 N–H and O–H groups in total. The van der Waals surface area contributed by atoms with E-state index in [0.29, 0.717) is 18.7 Å². The van der Waals surface area contributed by atoms with Crippen molar-refractivity contribution in [2.24, 2.45) is 0 Å². The van der Waals surface area contributed by atoms with Crippen molar-refractivity contribution in [3.05, 3.63) is 24.0 Å². The van der Waals surface area contributed by atoms with E-state index in [-0.39, 0.29) is 23.5 Å². The third kappa shape index (κ3) is 4.68. The predicted octanol–water partition coefficient (Wildman–Crippen LogP) is 1.18. The Hall–Kier alpha value is -2.18. The van der Waals surface area contributed by atoms with Gasteiger partial charge in [0.15, 0.2) is 0 Å². The molecule has 1 aliphatic heterocycles. The van der Waals surface area contributed by atoms with E-state index in [1.54, 1.807) is 11.0 Å². The second kappa shape index (κ2) is 6.72. The normalized spacial score (nSPS) is 16.2. The summed E-state index contributed by atoms with van der Waals surface area (Å²) in [6.07, 6.45) is 4.44. The van der Waals surface area contributed by atoms with E-state index in [0.717, 1.165) is 12.8 Å². The molecule has 2 rings (SSSR count). The molecule has 0 saturated carbocycles. The number of urea groups is 1. The molecule has 7 nitrogen and oxygen atoms in total. The highest BCUT2D eigenvalue weighted by atomic mass is 16.2. The number of likely N-dealkylation sites (tertiary alicyclic amines) is 1. The van der Waals surface area contributed by atoms with Crippen molar-refractivity contribution in [3.8, 4) is 0 Å². The van der Waals surface area contributed by atoms with Crippen LogP contribution in [0.25, 0.3) is 0 Å². The number of carbonyl (C=O) groups is 2. The Morgan fingerprint density at radius 2 is 1.91 bits per heavy atom. The van der Waals surface area contributed by atoms with E-state index in [2.05, 4.69) is 20.8 Å². The lowest BCUT2D eigenvalue weighted by molar-refractivity contribution is 0.0916. The SMILES string of the molecule is CC(C)(C)NC(=O)N1CCC(NC(=O)c2ccnnc2)CC1. The van der Waals surface area contributed by atoms with Crippen LogP contribution in [0.2, 0.25) is 0 Å². The molecule has 0 spiro atoms. The van der Waals surface area contributed by atoms with Crippen molar-refractivity contribution in [1.29, 1.82) is 0 Å². The summed E-state index contributed by atoms with van der Waals surface area (Å²) in [5, 5.41) is 13.3. The lowest BCUT2D eigenvalue weighted by atomic mass is 10.0. The molecule has 0 radical (unpaired) electrons. The molecule has 3 amide bonds. The van der Waals surface area contributed by atoms with E-state index >= 15 is 0 Å². The van der Waals surface area contributed by atoms with Crippen molar-refractivity contribution >= 4 is 11.9 Å². The highest BCUT2D eigenvalue weighted by molar-refractivity contribution is 5.93. The number of nitrogens with zero attached hydrogens (tertiary/aromatic N) is 3. The molecule has 1 aromatic heterocycles. The Bertz CT molecular complexity index is 518. The van der Waals surface area contributed by atoms with Crippen molar-refractivity contribution in [2.45, 2.75) is 45.2 Å². The van der Waals surface area contributed by atoms with Crippen LogP contribution in [-0.2, 0) is 0 Å². The minimum absolute atomic E-state index is 0.0457. The average molecular weight is 305 g/mol. The van der Waals surface area contributed by atoms with Crippen molar-refractivity contribution < 1.29 is 9.59 Å². The van der Waals surface area contributed by atoms with Gasteiger partial charge < -0.3 is 15.5 Å². The number of rotatable bonds is 2. The van der Waals surface area contributed by atoms with E-state index in [4.69, 9.17) is 0 Å². The Balaban J connectivity index is 1.80. The first-order valence-corrected chi connectivity index (χ1v) is 7.50. The van der Waals surface area contributed by atoms with Gasteiger partial charge in [0.05, 0.1) is 18.0 Å². The summed E-state index contributed by atoms with van der Waals surface area (Å²) in [7, 11) is 0. The van der Waals surface area contributed by atoms with Gasteiger partial charge in [0.25, 0.3) is 5.91 Å². The first kappa shape index (κ1) is 16.2. The first-order chi connectivity index (χ1) is 10.3. The quantitative estimate of drug-likeness (QED) is 0.859. The van der Waals surface area contributed by atoms with Crippen LogP contribution in [0.5, 0.6) is 0 Å². The van der Waals surface area contributed by atoms with Crippen LogP contribution in [0.3, 0.4) is 0 Å². The highest BCUT2D eigenvalue weighted by Gasteiger charge is 2.26. The third-order valence-corrected chi connectivity index (χ3v) is 3.45. The molecular weight excluding hydrogens is 282 g/mol. The summed E-state index contributed by atoms with van der Waals surface area (Å²) in [5.74, 6) is -0.146. The zero-order valence-electron chi connectivity index (χ0n) is 13.3. The minimum atomic E-state index is -0.240. The average Bonchev–Trinajstić information content (AvgIpc) is 2.47. The van der Waals surface area contributed by atoms with Crippen LogP contribution in [0.15, 0.2) is 18.5 Å². The molecule has 0 aromatic carbocycles. The number of piperidine rings is 1. The van der Waals surface area contributed by atoms with E-state index < -0.39 is 0 Å². The highest BCUT2D eigenvalue weighted by Crippen LogP contribution is 2.12. The van der Waals surface area contributed by atoms with Crippen molar-refractivity contribution in [1.82, 2.24) is 25.7 Å². The monoisotopic (exact) mass is 305 g/mol. The summed E-state index contributed by atoms with van der Waals surface area (Å²) in [4.78, 5) is 25.9. The molecule has 0 unspecified atom stereocenters. The lowest BCUT2D eigenvalue weighted by Gasteiger charge is -2.34. The van der Waals surface area contributed by atoms with Crippen molar-refractivity contribution in [3.63, 3.8) is 0 Å². The topological polar surface area (TPSA) is 87.2 Å². The van der Waals surface area contributed by atoms with Gasteiger partial charge in [-0.1, -0.05) is 0 Å². The number of aromatic nitrogens is 2. The minimum Gasteiger partial charge on any atom is -0.349 e. The Morgan fingerprint density at radius 1 is 1.23 bits per heavy atom. The van der Waals surface area contributed by atoms with Gasteiger partial charge in [-0.3, -0.25) is 4.79 Å². The summed E-state index contributed by atoms with van der Waals surface area (Å²) in [6.45, 7) is 7.16. The van der Waals surface area contributed by atoms with Gasteiger partial charge in [-0.05, 0) is 39.7 Å². The zero-order valence-corrected chi connectivity index (χ0v) is 13.3. The van der Waals surface area contributed by atoms with Crippen molar-refractivity contribution in [2.75, 3.05) is 13.1 Å². The fraction of sp³-hybridized carbons (Fsp3) is 0.600. The van der Waals surface area contributed by atoms with Gasteiger partial charge in [0.1, 0.15) is 0 Å². The Morgan fingerprint density at radius 3 is 2.45 bits per heavy atom. The van der Waals surface area contributed by atoms with Crippen LogP contribution in [0.1, 0.15) is 44.0 Å². The van der Waals surface area contributed by atoms with Crippen LogP contribution >= 0.6 is 0 Å². The molecule has 0 atom stereocenters. The number of hydrogen-bond donors (Lipinski definition) is 2. The Labute approximate surface area is 130 Å². The third-order valence-electron chi connectivity index (χ3n) is 3.45. The molecular formula is C15H23N5O2. The lowest BCUT2D eigenvalue weighted by Crippen LogP contribution is -2.53. The van der Waals surface area contributed by atoms with E-state index in [9.17, 15) is 9.59 Å². The molecule has 2 heterocycles. The van der Waals surface area contributed by atoms with Gasteiger partial charge in [-0.15, -0.1) is 0 Å². The second-order valence-corrected chi connectivity index (χ2v) is 6.55. The number of amides is 3. The van der Waals surface area contributed by atoms with E-state index in [1.807, 2.05) is 20.8 Å². The van der Waals surface area contributed by atoms with E-state index in [1.165, 1.54) is 12.4 Å². The molecule has 0 aliphatic carbocycles. The van der Waals surface area contributed by atoms with Gasteiger partial charge in [0.2, 0.25) is 0 Å². The first-order valence-electron chi connectivity index (χ1n) is 7.50. The summed E-state index contributed by atoms with van der Waals surface area (Å²) < 4.78 is 0. The maximum absolute atomic E-state index is 12.1. The number of nitrogens with one attached hydrogen (secondary N) is 2. The maximum Gasteiger partial charge on any atom is 0.317 e. The van der Waals surface area contributed by atoms with Gasteiger partial charge in [-0.2, -0.15) is 10.2 Å². The molecule has 0 bridgehead atoms. The summed E-state index contributed by atoms with van der Waals surface area (Å²) in [5.41, 5.74) is 0.263. The molecule has 1 saturated heterocycles. The van der Waals surface area contributed by atoms with Crippen LogP contribution in [0.4, 0.5) is 4.79 Å². The smallest absolute Gasteiger partial charge is 0.317 e. The van der Waals surface area contributed by atoms with Gasteiger partial charge in [0, 0.05) is 24.7 Å².